The molecule has 1 unspecified atom stereocenters. The zero-order chi connectivity index (χ0) is 25.0. The average molecular weight is 510 g/mol. The maximum atomic E-state index is 14.7. The molecule has 1 atom stereocenters. The van der Waals surface area contributed by atoms with E-state index < -0.39 is 33.7 Å². The molecule has 0 amide bonds. The van der Waals surface area contributed by atoms with Gasteiger partial charge in [-0.25, -0.2) is 22.0 Å². The summed E-state index contributed by atoms with van der Waals surface area (Å²) in [7, 11) is -2.89. The van der Waals surface area contributed by atoms with Gasteiger partial charge in [0.25, 0.3) is 0 Å². The topological polar surface area (TPSA) is 83.9 Å². The summed E-state index contributed by atoms with van der Waals surface area (Å²) in [5.41, 5.74) is 0.190. The molecule has 0 aromatic heterocycles. The van der Waals surface area contributed by atoms with E-state index in [1.807, 2.05) is 0 Å². The molecule has 0 bridgehead atoms. The van der Waals surface area contributed by atoms with Gasteiger partial charge in [-0.3, -0.25) is 0 Å². The number of ether oxygens (including phenoxy) is 1. The largest absolute Gasteiger partial charge is 0.496 e. The van der Waals surface area contributed by atoms with E-state index in [9.17, 15) is 27.1 Å². The number of carbonyl (C=O) groups is 1. The quantitative estimate of drug-likeness (QED) is 0.402. The van der Waals surface area contributed by atoms with Crippen molar-refractivity contribution in [2.75, 3.05) is 7.11 Å². The summed E-state index contributed by atoms with van der Waals surface area (Å²) in [4.78, 5) is 11.6. The maximum Gasteiger partial charge on any atom is 0.339 e. The minimum absolute atomic E-state index is 0.00610. The van der Waals surface area contributed by atoms with Crippen LogP contribution in [0, 0.1) is 11.6 Å². The first kappa shape index (κ1) is 25.6. The molecule has 10 heteroatoms. The molecule has 0 heterocycles. The molecule has 34 heavy (non-hydrogen) atoms. The van der Waals surface area contributed by atoms with Crippen molar-refractivity contribution in [3.63, 3.8) is 0 Å². The summed E-state index contributed by atoms with van der Waals surface area (Å²) < 4.78 is 61.8. The lowest BCUT2D eigenvalue weighted by Crippen LogP contribution is -2.35. The Balaban J connectivity index is 2.16. The Morgan fingerprint density at radius 2 is 1.76 bits per heavy atom. The number of carboxylic acid groups (broad SMARTS) is 1. The smallest absolute Gasteiger partial charge is 0.339 e. The number of aromatic carboxylic acids is 1. The Bertz CT molecular complexity index is 1300. The second-order valence-corrected chi connectivity index (χ2v) is 9.76. The Kier molecular flexibility index (Phi) is 7.91. The maximum absolute atomic E-state index is 14.7. The number of hydrogen-bond acceptors (Lipinski definition) is 4. The van der Waals surface area contributed by atoms with Crippen LogP contribution < -0.4 is 4.74 Å². The van der Waals surface area contributed by atoms with Gasteiger partial charge in [-0.2, -0.15) is 4.31 Å². The average Bonchev–Trinajstić information content (AvgIpc) is 2.80. The molecule has 3 rings (SSSR count). The van der Waals surface area contributed by atoms with Gasteiger partial charge in [0.1, 0.15) is 22.9 Å². The monoisotopic (exact) mass is 509 g/mol. The van der Waals surface area contributed by atoms with Gasteiger partial charge < -0.3 is 9.84 Å². The van der Waals surface area contributed by atoms with Gasteiger partial charge in [0.05, 0.1) is 18.0 Å². The summed E-state index contributed by atoms with van der Waals surface area (Å²) >= 11 is 5.91. The lowest BCUT2D eigenvalue weighted by Gasteiger charge is -2.31. The lowest BCUT2D eigenvalue weighted by molar-refractivity contribution is 0.0693. The first-order valence-electron chi connectivity index (χ1n) is 10.2. The third-order valence-electron chi connectivity index (χ3n) is 5.31. The molecule has 0 aliphatic heterocycles. The number of rotatable bonds is 9. The third-order valence-corrected chi connectivity index (χ3v) is 7.43. The van der Waals surface area contributed by atoms with E-state index in [-0.39, 0.29) is 34.7 Å². The highest BCUT2D eigenvalue weighted by Crippen LogP contribution is 2.34. The van der Waals surface area contributed by atoms with Gasteiger partial charge in [0.15, 0.2) is 0 Å². The van der Waals surface area contributed by atoms with Gasteiger partial charge in [0, 0.05) is 23.2 Å². The predicted molar refractivity (Wildman–Crippen MR) is 124 cm³/mol. The number of halogens is 3. The van der Waals surface area contributed by atoms with Crippen LogP contribution in [0.1, 0.15) is 40.9 Å². The number of carboxylic acids is 1. The van der Waals surface area contributed by atoms with Crippen LogP contribution in [-0.2, 0) is 16.6 Å². The van der Waals surface area contributed by atoms with Gasteiger partial charge in [0.2, 0.25) is 10.0 Å². The summed E-state index contributed by atoms with van der Waals surface area (Å²) in [6.07, 6.45) is 0.164. The van der Waals surface area contributed by atoms with E-state index >= 15 is 0 Å². The van der Waals surface area contributed by atoms with E-state index in [0.717, 1.165) is 10.4 Å². The number of nitrogens with zero attached hydrogens (tertiary/aromatic N) is 1. The molecule has 180 valence electrons. The molecule has 0 fully saturated rings. The normalized spacial score (nSPS) is 12.5. The molecular weight excluding hydrogens is 488 g/mol. The van der Waals surface area contributed by atoms with E-state index in [1.165, 1.54) is 55.6 Å². The van der Waals surface area contributed by atoms with Crippen LogP contribution in [0.5, 0.6) is 5.75 Å². The van der Waals surface area contributed by atoms with Gasteiger partial charge in [-0.15, -0.1) is 0 Å². The molecule has 6 nitrogen and oxygen atoms in total. The van der Waals surface area contributed by atoms with Crippen molar-refractivity contribution in [1.29, 1.82) is 0 Å². The molecule has 1 N–H and O–H groups in total. The minimum atomic E-state index is -4.22. The molecule has 0 aliphatic rings. The van der Waals surface area contributed by atoms with Crippen LogP contribution in [0.15, 0.2) is 65.6 Å². The molecule has 0 aliphatic carbocycles. The van der Waals surface area contributed by atoms with Crippen molar-refractivity contribution < 1.29 is 31.8 Å². The summed E-state index contributed by atoms with van der Waals surface area (Å²) in [6.45, 7) is 1.40. The molecular formula is C24H22ClF2NO5S. The minimum Gasteiger partial charge on any atom is -0.496 e. The fourth-order valence-corrected chi connectivity index (χ4v) is 5.45. The van der Waals surface area contributed by atoms with E-state index in [0.29, 0.717) is 16.7 Å². The van der Waals surface area contributed by atoms with Crippen molar-refractivity contribution in [1.82, 2.24) is 4.31 Å². The van der Waals surface area contributed by atoms with Crippen LogP contribution in [0.2, 0.25) is 5.02 Å². The fourth-order valence-electron chi connectivity index (χ4n) is 3.66. The van der Waals surface area contributed by atoms with E-state index in [4.69, 9.17) is 16.3 Å². The third kappa shape index (κ3) is 5.38. The van der Waals surface area contributed by atoms with E-state index in [2.05, 4.69) is 0 Å². The molecule has 0 spiro atoms. The van der Waals surface area contributed by atoms with Gasteiger partial charge in [-0.1, -0.05) is 30.7 Å². The lowest BCUT2D eigenvalue weighted by atomic mass is 10.0. The molecule has 3 aromatic carbocycles. The van der Waals surface area contributed by atoms with Crippen LogP contribution in [0.3, 0.4) is 0 Å². The van der Waals surface area contributed by atoms with Crippen LogP contribution >= 0.6 is 11.6 Å². The Hall–Kier alpha value is -3.01. The summed E-state index contributed by atoms with van der Waals surface area (Å²) in [5.74, 6) is -2.81. The highest BCUT2D eigenvalue weighted by Gasteiger charge is 2.33. The van der Waals surface area contributed by atoms with Crippen molar-refractivity contribution >= 4 is 27.6 Å². The number of hydrogen-bond donors (Lipinski definition) is 1. The van der Waals surface area contributed by atoms with Gasteiger partial charge in [-0.05, 0) is 54.4 Å². The molecule has 0 saturated carbocycles. The molecule has 3 aromatic rings. The standard InChI is InChI=1S/C24H22ClF2NO5S/c1-3-22(19-10-7-17(26)13-21(19)27)28(34(31,32)18-8-5-16(25)6-9-18)14-15-4-11-23(33-2)20(12-15)24(29)30/h4-13,22H,3,14H2,1-2H3,(H,29,30). The van der Waals surface area contributed by atoms with E-state index in [1.54, 1.807) is 6.92 Å². The zero-order valence-corrected chi connectivity index (χ0v) is 19.9. The SMILES string of the molecule is CCC(c1ccc(F)cc1F)N(Cc1ccc(OC)c(C(=O)O)c1)S(=O)(=O)c1ccc(Cl)cc1. The van der Waals surface area contributed by atoms with Crippen molar-refractivity contribution in [3.05, 3.63) is 94.0 Å². The van der Waals surface area contributed by atoms with Crippen molar-refractivity contribution in [2.24, 2.45) is 0 Å². The number of methoxy groups -OCH3 is 1. The summed E-state index contributed by atoms with van der Waals surface area (Å²) in [6, 6.07) is 11.7. The van der Waals surface area contributed by atoms with Crippen LogP contribution in [0.4, 0.5) is 8.78 Å². The molecule has 0 saturated heterocycles. The number of benzene rings is 3. The number of sulfonamides is 1. The second kappa shape index (κ2) is 10.5. The van der Waals surface area contributed by atoms with Crippen molar-refractivity contribution in [3.8, 4) is 5.75 Å². The Morgan fingerprint density at radius 1 is 1.09 bits per heavy atom. The summed E-state index contributed by atoms with van der Waals surface area (Å²) in [5, 5.41) is 9.84. The van der Waals surface area contributed by atoms with Crippen molar-refractivity contribution in [2.45, 2.75) is 30.8 Å². The molecule has 0 radical (unpaired) electrons. The van der Waals surface area contributed by atoms with Crippen LogP contribution in [-0.4, -0.2) is 30.9 Å². The highest BCUT2D eigenvalue weighted by atomic mass is 35.5. The Labute approximate surface area is 201 Å². The first-order valence-corrected chi connectivity index (χ1v) is 12.0. The first-order chi connectivity index (χ1) is 16.1. The van der Waals surface area contributed by atoms with Gasteiger partial charge >= 0.3 is 5.97 Å². The highest BCUT2D eigenvalue weighted by molar-refractivity contribution is 7.89. The predicted octanol–water partition coefficient (Wildman–Crippen LogP) is 5.67. The second-order valence-electron chi connectivity index (χ2n) is 7.43. The fraction of sp³-hybridized carbons (Fsp3) is 0.208. The zero-order valence-electron chi connectivity index (χ0n) is 18.3. The Morgan fingerprint density at radius 3 is 2.32 bits per heavy atom. The van der Waals surface area contributed by atoms with Crippen LogP contribution in [0.25, 0.3) is 0 Å².